The van der Waals surface area contributed by atoms with Gasteiger partial charge in [0.25, 0.3) is 5.91 Å². The lowest BCUT2D eigenvalue weighted by Crippen LogP contribution is -2.28. The molecular weight excluding hydrogens is 563 g/mol. The first-order chi connectivity index (χ1) is 16.9. The Morgan fingerprint density at radius 3 is 2.60 bits per heavy atom. The Balaban J connectivity index is 1.91. The number of carbonyl (C=O) groups excluding carboxylic acids is 2. The summed E-state index contributed by atoms with van der Waals surface area (Å²) >= 11 is 2.24. The number of carbonyl (C=O) groups is 2. The molecule has 10 heteroatoms. The standard InChI is InChI=1S/C25H29IN4O5/c1-5-27-25(32)29-20-7-6-17(10-16(20)13-26)35-22-8-9-28-21-12-23(33-4)19(11-18(21)22)24(31)30-34-14-15(2)3/h6-12,15H,5,13-14H2,1-4H3,(H,30,31)(H2,27,29,32). The van der Waals surface area contributed by atoms with Crippen LogP contribution in [0.3, 0.4) is 0 Å². The van der Waals surface area contributed by atoms with Crippen LogP contribution in [0.5, 0.6) is 17.2 Å². The van der Waals surface area contributed by atoms with Crippen molar-refractivity contribution in [1.29, 1.82) is 0 Å². The van der Waals surface area contributed by atoms with Gasteiger partial charge in [0.2, 0.25) is 0 Å². The molecule has 0 saturated carbocycles. The SMILES string of the molecule is CCNC(=O)Nc1ccc(Oc2ccnc3cc(OC)c(C(=O)NOCC(C)C)cc23)cc1CI. The highest BCUT2D eigenvalue weighted by Crippen LogP contribution is 2.34. The number of methoxy groups -OCH3 is 1. The number of nitrogens with one attached hydrogen (secondary N) is 3. The molecular formula is C25H29IN4O5. The Kier molecular flexibility index (Phi) is 9.49. The van der Waals surface area contributed by atoms with Crippen LogP contribution in [-0.4, -0.2) is 37.2 Å². The lowest BCUT2D eigenvalue weighted by Gasteiger charge is -2.15. The number of anilines is 1. The van der Waals surface area contributed by atoms with E-state index in [0.717, 1.165) is 5.56 Å². The van der Waals surface area contributed by atoms with Gasteiger partial charge in [-0.25, -0.2) is 10.3 Å². The molecule has 3 rings (SSSR count). The predicted octanol–water partition coefficient (Wildman–Crippen LogP) is 5.43. The minimum atomic E-state index is -0.424. The topological polar surface area (TPSA) is 111 Å². The number of urea groups is 1. The monoisotopic (exact) mass is 592 g/mol. The number of benzene rings is 2. The molecule has 35 heavy (non-hydrogen) atoms. The van der Waals surface area contributed by atoms with E-state index in [0.29, 0.717) is 57.0 Å². The number of amides is 3. The van der Waals surface area contributed by atoms with E-state index in [9.17, 15) is 9.59 Å². The molecule has 0 spiro atoms. The minimum Gasteiger partial charge on any atom is -0.496 e. The first kappa shape index (κ1) is 26.5. The number of halogens is 1. The summed E-state index contributed by atoms with van der Waals surface area (Å²) in [6.07, 6.45) is 1.63. The van der Waals surface area contributed by atoms with E-state index in [1.807, 2.05) is 26.8 Å². The van der Waals surface area contributed by atoms with E-state index in [2.05, 4.69) is 43.7 Å². The molecule has 9 nitrogen and oxygen atoms in total. The number of hydroxylamine groups is 1. The second-order valence-electron chi connectivity index (χ2n) is 8.05. The van der Waals surface area contributed by atoms with Gasteiger partial charge in [-0.05, 0) is 48.7 Å². The van der Waals surface area contributed by atoms with E-state index >= 15 is 0 Å². The molecule has 1 aromatic heterocycles. The van der Waals surface area contributed by atoms with Crippen LogP contribution in [0, 0.1) is 5.92 Å². The zero-order valence-corrected chi connectivity index (χ0v) is 22.3. The van der Waals surface area contributed by atoms with Gasteiger partial charge >= 0.3 is 6.03 Å². The highest BCUT2D eigenvalue weighted by atomic mass is 127. The van der Waals surface area contributed by atoms with E-state index < -0.39 is 5.91 Å². The molecule has 0 aliphatic heterocycles. The number of ether oxygens (including phenoxy) is 2. The predicted molar refractivity (Wildman–Crippen MR) is 143 cm³/mol. The molecule has 0 aliphatic carbocycles. The summed E-state index contributed by atoms with van der Waals surface area (Å²) in [6.45, 7) is 6.77. The lowest BCUT2D eigenvalue weighted by molar-refractivity contribution is 0.0207. The maximum absolute atomic E-state index is 12.8. The summed E-state index contributed by atoms with van der Waals surface area (Å²) in [5, 5.41) is 6.21. The van der Waals surface area contributed by atoms with Crippen LogP contribution in [0.1, 0.15) is 36.7 Å². The smallest absolute Gasteiger partial charge is 0.319 e. The fourth-order valence-electron chi connectivity index (χ4n) is 3.23. The zero-order valence-electron chi connectivity index (χ0n) is 20.1. The first-order valence-corrected chi connectivity index (χ1v) is 12.7. The van der Waals surface area contributed by atoms with Crippen molar-refractivity contribution in [2.24, 2.45) is 5.92 Å². The van der Waals surface area contributed by atoms with Gasteiger partial charge in [-0.2, -0.15) is 0 Å². The number of nitrogens with zero attached hydrogens (tertiary/aromatic N) is 1. The van der Waals surface area contributed by atoms with Crippen molar-refractivity contribution in [3.05, 3.63) is 53.7 Å². The van der Waals surface area contributed by atoms with E-state index in [1.54, 1.807) is 36.5 Å². The molecule has 0 fully saturated rings. The highest BCUT2D eigenvalue weighted by Gasteiger charge is 2.17. The Bertz CT molecular complexity index is 1200. The summed E-state index contributed by atoms with van der Waals surface area (Å²) < 4.78 is 12.3. The van der Waals surface area contributed by atoms with Crippen molar-refractivity contribution in [2.45, 2.75) is 25.2 Å². The van der Waals surface area contributed by atoms with Crippen LogP contribution in [0.4, 0.5) is 10.5 Å². The van der Waals surface area contributed by atoms with Crippen LogP contribution < -0.4 is 25.6 Å². The Hall–Kier alpha value is -3.12. The van der Waals surface area contributed by atoms with E-state index in [-0.39, 0.29) is 11.9 Å². The fraction of sp³-hybridized carbons (Fsp3) is 0.320. The molecule has 186 valence electrons. The molecule has 0 atom stereocenters. The van der Waals surface area contributed by atoms with Crippen molar-refractivity contribution < 1.29 is 23.9 Å². The Labute approximate surface area is 218 Å². The molecule has 3 N–H and O–H groups in total. The second kappa shape index (κ2) is 12.5. The number of hydrogen-bond acceptors (Lipinski definition) is 6. The van der Waals surface area contributed by atoms with Crippen LogP contribution in [-0.2, 0) is 9.27 Å². The fourth-order valence-corrected chi connectivity index (χ4v) is 3.86. The van der Waals surface area contributed by atoms with Crippen molar-refractivity contribution >= 4 is 51.1 Å². The van der Waals surface area contributed by atoms with Gasteiger partial charge in [0.15, 0.2) is 0 Å². The van der Waals surface area contributed by atoms with Crippen molar-refractivity contribution in [2.75, 3.05) is 25.6 Å². The Morgan fingerprint density at radius 1 is 1.11 bits per heavy atom. The second-order valence-corrected chi connectivity index (χ2v) is 8.82. The number of alkyl halides is 1. The third-order valence-electron chi connectivity index (χ3n) is 4.88. The molecule has 1 heterocycles. The highest BCUT2D eigenvalue weighted by molar-refractivity contribution is 14.1. The number of pyridine rings is 1. The zero-order chi connectivity index (χ0) is 25.4. The molecule has 0 bridgehead atoms. The number of rotatable bonds is 10. The quantitative estimate of drug-likeness (QED) is 0.165. The van der Waals surface area contributed by atoms with Crippen LogP contribution >= 0.6 is 22.6 Å². The van der Waals surface area contributed by atoms with Crippen LogP contribution in [0.25, 0.3) is 10.9 Å². The average molecular weight is 592 g/mol. The molecule has 3 aromatic rings. The van der Waals surface area contributed by atoms with Gasteiger partial charge in [-0.15, -0.1) is 0 Å². The third-order valence-corrected chi connectivity index (χ3v) is 5.70. The maximum atomic E-state index is 12.8. The summed E-state index contributed by atoms with van der Waals surface area (Å²) in [6, 6.07) is 10.3. The van der Waals surface area contributed by atoms with Crippen molar-refractivity contribution in [3.63, 3.8) is 0 Å². The molecule has 2 aromatic carbocycles. The van der Waals surface area contributed by atoms with Crippen LogP contribution in [0.15, 0.2) is 42.6 Å². The third kappa shape index (κ3) is 6.95. The number of fused-ring (bicyclic) bond motifs is 1. The lowest BCUT2D eigenvalue weighted by atomic mass is 10.1. The summed E-state index contributed by atoms with van der Waals surface area (Å²) in [4.78, 5) is 34.4. The molecule has 0 aliphatic rings. The van der Waals surface area contributed by atoms with Gasteiger partial charge < -0.3 is 20.1 Å². The summed E-state index contributed by atoms with van der Waals surface area (Å²) in [7, 11) is 1.50. The van der Waals surface area contributed by atoms with E-state index in [1.165, 1.54) is 7.11 Å². The maximum Gasteiger partial charge on any atom is 0.319 e. The largest absolute Gasteiger partial charge is 0.496 e. The number of aromatic nitrogens is 1. The Morgan fingerprint density at radius 2 is 1.91 bits per heavy atom. The van der Waals surface area contributed by atoms with Crippen molar-refractivity contribution in [3.8, 4) is 17.2 Å². The van der Waals surface area contributed by atoms with Gasteiger partial charge in [0.1, 0.15) is 17.2 Å². The van der Waals surface area contributed by atoms with E-state index in [4.69, 9.17) is 14.3 Å². The molecule has 0 unspecified atom stereocenters. The average Bonchev–Trinajstić information content (AvgIpc) is 2.84. The first-order valence-electron chi connectivity index (χ1n) is 11.2. The van der Waals surface area contributed by atoms with Gasteiger partial charge in [-0.1, -0.05) is 36.4 Å². The van der Waals surface area contributed by atoms with Crippen LogP contribution in [0.2, 0.25) is 0 Å². The summed E-state index contributed by atoms with van der Waals surface area (Å²) in [5.74, 6) is 1.34. The van der Waals surface area contributed by atoms with Gasteiger partial charge in [-0.3, -0.25) is 14.6 Å². The van der Waals surface area contributed by atoms with Gasteiger partial charge in [0.05, 0.1) is 24.8 Å². The molecule has 3 amide bonds. The number of hydrogen-bond donors (Lipinski definition) is 3. The molecule has 0 saturated heterocycles. The normalized spacial score (nSPS) is 10.8. The molecule has 0 radical (unpaired) electrons. The minimum absolute atomic E-state index is 0.260. The summed E-state index contributed by atoms with van der Waals surface area (Å²) in [5.41, 5.74) is 5.00. The van der Waals surface area contributed by atoms with Gasteiger partial charge in [0, 0.05) is 34.3 Å². The van der Waals surface area contributed by atoms with Crippen molar-refractivity contribution in [1.82, 2.24) is 15.8 Å².